The number of nitro groups is 1. The van der Waals surface area contributed by atoms with Crippen LogP contribution in [0, 0.1) is 17.0 Å². The maximum atomic E-state index is 11.2. The minimum Gasteiger partial charge on any atom is -0.395 e. The number of hydrogen-bond acceptors (Lipinski definition) is 5. The smallest absolute Gasteiger partial charge is 0.292 e. The van der Waals surface area contributed by atoms with E-state index >= 15 is 0 Å². The molecule has 1 fully saturated rings. The molecule has 1 atom stereocenters. The quantitative estimate of drug-likeness (QED) is 0.609. The van der Waals surface area contributed by atoms with Crippen molar-refractivity contribution in [3.8, 4) is 0 Å². The monoisotopic (exact) mass is 279 g/mol. The van der Waals surface area contributed by atoms with Crippen molar-refractivity contribution in [3.05, 3.63) is 33.9 Å². The Kier molecular flexibility index (Phi) is 4.92. The first-order chi connectivity index (χ1) is 9.61. The van der Waals surface area contributed by atoms with Crippen molar-refractivity contribution in [2.75, 3.05) is 31.1 Å². The Morgan fingerprint density at radius 1 is 1.55 bits per heavy atom. The minimum atomic E-state index is -0.352. The molecule has 1 unspecified atom stereocenters. The van der Waals surface area contributed by atoms with E-state index in [1.807, 2.05) is 17.9 Å². The van der Waals surface area contributed by atoms with Crippen LogP contribution in [-0.4, -0.2) is 42.3 Å². The van der Waals surface area contributed by atoms with Crippen LogP contribution in [0.5, 0.6) is 0 Å². The zero-order valence-electron chi connectivity index (χ0n) is 11.7. The fraction of sp³-hybridized carbons (Fsp3) is 0.571. The van der Waals surface area contributed by atoms with Crippen molar-refractivity contribution < 1.29 is 10.0 Å². The fourth-order valence-electron chi connectivity index (χ4n) is 2.66. The summed E-state index contributed by atoms with van der Waals surface area (Å²) in [6.45, 7) is 3.91. The molecule has 0 spiro atoms. The van der Waals surface area contributed by atoms with Gasteiger partial charge in [-0.1, -0.05) is 6.07 Å². The molecule has 2 rings (SSSR count). The van der Waals surface area contributed by atoms with Crippen LogP contribution in [0.15, 0.2) is 18.2 Å². The van der Waals surface area contributed by atoms with Crippen molar-refractivity contribution in [2.45, 2.75) is 25.8 Å². The van der Waals surface area contributed by atoms with Crippen molar-refractivity contribution in [1.29, 1.82) is 0 Å². The number of aryl methyl sites for hydroxylation is 1. The molecule has 0 radical (unpaired) electrons. The molecule has 6 heteroatoms. The summed E-state index contributed by atoms with van der Waals surface area (Å²) >= 11 is 0. The van der Waals surface area contributed by atoms with Gasteiger partial charge in [0.15, 0.2) is 0 Å². The molecule has 0 bridgehead atoms. The van der Waals surface area contributed by atoms with Gasteiger partial charge in [-0.05, 0) is 37.9 Å². The lowest BCUT2D eigenvalue weighted by Crippen LogP contribution is -2.39. The van der Waals surface area contributed by atoms with Crippen molar-refractivity contribution in [2.24, 2.45) is 0 Å². The second-order valence-corrected chi connectivity index (χ2v) is 5.21. The second kappa shape index (κ2) is 6.67. The van der Waals surface area contributed by atoms with Crippen LogP contribution in [0.4, 0.5) is 11.4 Å². The number of benzene rings is 1. The number of nitrogens with one attached hydrogen (secondary N) is 1. The Bertz CT molecular complexity index is 473. The van der Waals surface area contributed by atoms with Crippen LogP contribution in [0.1, 0.15) is 18.4 Å². The van der Waals surface area contributed by atoms with Gasteiger partial charge in [0, 0.05) is 25.2 Å². The molecule has 110 valence electrons. The minimum absolute atomic E-state index is 0.0161. The summed E-state index contributed by atoms with van der Waals surface area (Å²) < 4.78 is 0. The van der Waals surface area contributed by atoms with E-state index in [2.05, 4.69) is 5.32 Å². The van der Waals surface area contributed by atoms with E-state index < -0.39 is 0 Å². The van der Waals surface area contributed by atoms with Gasteiger partial charge in [0.2, 0.25) is 0 Å². The number of aliphatic hydroxyl groups excluding tert-OH is 1. The molecular formula is C14H21N3O3. The number of nitro benzene ring substituents is 1. The predicted octanol–water partition coefficient (Wildman–Crippen LogP) is 1.45. The Morgan fingerprint density at radius 3 is 2.95 bits per heavy atom. The third-order valence-electron chi connectivity index (χ3n) is 3.64. The van der Waals surface area contributed by atoms with E-state index in [1.54, 1.807) is 12.1 Å². The first kappa shape index (κ1) is 14.7. The van der Waals surface area contributed by atoms with Gasteiger partial charge < -0.3 is 15.3 Å². The van der Waals surface area contributed by atoms with Crippen LogP contribution in [-0.2, 0) is 0 Å². The summed E-state index contributed by atoms with van der Waals surface area (Å²) in [7, 11) is 0. The van der Waals surface area contributed by atoms with Gasteiger partial charge in [0.1, 0.15) is 5.69 Å². The highest BCUT2D eigenvalue weighted by molar-refractivity contribution is 5.64. The van der Waals surface area contributed by atoms with Crippen molar-refractivity contribution >= 4 is 11.4 Å². The van der Waals surface area contributed by atoms with E-state index in [0.717, 1.165) is 24.9 Å². The van der Waals surface area contributed by atoms with E-state index in [0.29, 0.717) is 24.8 Å². The number of anilines is 1. The van der Waals surface area contributed by atoms with Gasteiger partial charge in [-0.3, -0.25) is 10.1 Å². The predicted molar refractivity (Wildman–Crippen MR) is 78.2 cm³/mol. The summed E-state index contributed by atoms with van der Waals surface area (Å²) in [6.07, 6.45) is 2.20. The van der Waals surface area contributed by atoms with Crippen LogP contribution in [0.3, 0.4) is 0 Å². The molecule has 1 heterocycles. The maximum absolute atomic E-state index is 11.2. The fourth-order valence-corrected chi connectivity index (χ4v) is 2.66. The zero-order chi connectivity index (χ0) is 14.5. The summed E-state index contributed by atoms with van der Waals surface area (Å²) in [5.74, 6) is 0. The van der Waals surface area contributed by atoms with Crippen LogP contribution in [0.25, 0.3) is 0 Å². The molecule has 0 amide bonds. The molecule has 1 aliphatic heterocycles. The Balaban J connectivity index is 2.25. The molecule has 1 aromatic carbocycles. The Labute approximate surface area is 118 Å². The van der Waals surface area contributed by atoms with Crippen LogP contribution in [0.2, 0.25) is 0 Å². The first-order valence-corrected chi connectivity index (χ1v) is 6.96. The highest BCUT2D eigenvalue weighted by Gasteiger charge is 2.23. The molecule has 1 saturated heterocycles. The summed E-state index contributed by atoms with van der Waals surface area (Å²) in [5, 5.41) is 23.8. The van der Waals surface area contributed by atoms with Gasteiger partial charge in [0.25, 0.3) is 5.69 Å². The second-order valence-electron chi connectivity index (χ2n) is 5.21. The molecule has 0 aromatic heterocycles. The SMILES string of the molecule is Cc1ccc(N(CCO)CC2CCCN2)c([N+](=O)[O-])c1. The van der Waals surface area contributed by atoms with Gasteiger partial charge in [-0.15, -0.1) is 0 Å². The molecule has 1 aliphatic rings. The number of hydrogen-bond donors (Lipinski definition) is 2. The lowest BCUT2D eigenvalue weighted by Gasteiger charge is -2.27. The lowest BCUT2D eigenvalue weighted by molar-refractivity contribution is -0.384. The number of aliphatic hydroxyl groups is 1. The van der Waals surface area contributed by atoms with Gasteiger partial charge in [-0.2, -0.15) is 0 Å². The highest BCUT2D eigenvalue weighted by atomic mass is 16.6. The van der Waals surface area contributed by atoms with E-state index in [4.69, 9.17) is 0 Å². The molecule has 6 nitrogen and oxygen atoms in total. The summed E-state index contributed by atoms with van der Waals surface area (Å²) in [6, 6.07) is 5.57. The molecule has 0 aliphatic carbocycles. The molecule has 0 saturated carbocycles. The molecule has 1 aromatic rings. The lowest BCUT2D eigenvalue weighted by atomic mass is 10.1. The number of rotatable bonds is 6. The van der Waals surface area contributed by atoms with Crippen molar-refractivity contribution in [1.82, 2.24) is 5.32 Å². The summed E-state index contributed by atoms with van der Waals surface area (Å²) in [4.78, 5) is 12.8. The Morgan fingerprint density at radius 2 is 2.35 bits per heavy atom. The zero-order valence-corrected chi connectivity index (χ0v) is 11.7. The Hall–Kier alpha value is -1.66. The largest absolute Gasteiger partial charge is 0.395 e. The molecule has 2 N–H and O–H groups in total. The highest BCUT2D eigenvalue weighted by Crippen LogP contribution is 2.29. The van der Waals surface area contributed by atoms with Crippen LogP contribution >= 0.6 is 0 Å². The normalized spacial score (nSPS) is 18.2. The van der Waals surface area contributed by atoms with E-state index in [1.165, 1.54) is 0 Å². The molecule has 20 heavy (non-hydrogen) atoms. The van der Waals surface area contributed by atoms with Gasteiger partial charge in [0.05, 0.1) is 11.5 Å². The average Bonchev–Trinajstić information content (AvgIpc) is 2.91. The average molecular weight is 279 g/mol. The van der Waals surface area contributed by atoms with Crippen LogP contribution < -0.4 is 10.2 Å². The third-order valence-corrected chi connectivity index (χ3v) is 3.64. The van der Waals surface area contributed by atoms with Gasteiger partial charge >= 0.3 is 0 Å². The van der Waals surface area contributed by atoms with E-state index in [-0.39, 0.29) is 17.2 Å². The van der Waals surface area contributed by atoms with Crippen molar-refractivity contribution in [3.63, 3.8) is 0 Å². The van der Waals surface area contributed by atoms with Gasteiger partial charge in [-0.25, -0.2) is 0 Å². The first-order valence-electron chi connectivity index (χ1n) is 6.96. The van der Waals surface area contributed by atoms with E-state index in [9.17, 15) is 15.2 Å². The summed E-state index contributed by atoms with van der Waals surface area (Å²) in [5.41, 5.74) is 1.56. The maximum Gasteiger partial charge on any atom is 0.292 e. The number of nitrogens with zero attached hydrogens (tertiary/aromatic N) is 2. The third kappa shape index (κ3) is 3.46. The molecular weight excluding hydrogens is 258 g/mol. The topological polar surface area (TPSA) is 78.6 Å². The standard InChI is InChI=1S/C14H21N3O3/c1-11-4-5-13(14(9-11)17(19)20)16(7-8-18)10-12-3-2-6-15-12/h4-5,9,12,15,18H,2-3,6-8,10H2,1H3.